The lowest BCUT2D eigenvalue weighted by atomic mass is 9.68. The molecule has 3 aliphatic rings. The summed E-state index contributed by atoms with van der Waals surface area (Å²) in [7, 11) is 1.42. The summed E-state index contributed by atoms with van der Waals surface area (Å²) in [5.74, 6) is 2.44. The summed E-state index contributed by atoms with van der Waals surface area (Å²) >= 11 is 1.69. The van der Waals surface area contributed by atoms with E-state index in [0.29, 0.717) is 11.0 Å². The Morgan fingerprint density at radius 3 is 3.03 bits per heavy atom. The van der Waals surface area contributed by atoms with Gasteiger partial charge < -0.3 is 4.74 Å². The molecule has 4 unspecified atom stereocenters. The van der Waals surface area contributed by atoms with Crippen LogP contribution in [0.1, 0.15) is 61.0 Å². The number of esters is 1. The first kappa shape index (κ1) is 17.7. The maximum Gasteiger partial charge on any atom is 0.337 e. The highest BCUT2D eigenvalue weighted by Crippen LogP contribution is 2.60. The van der Waals surface area contributed by atoms with E-state index in [4.69, 9.17) is 9.72 Å². The Labute approximate surface area is 174 Å². The highest BCUT2D eigenvalue weighted by molar-refractivity contribution is 7.15. The van der Waals surface area contributed by atoms with Gasteiger partial charge in [0.25, 0.3) is 0 Å². The molecule has 4 atom stereocenters. The van der Waals surface area contributed by atoms with Gasteiger partial charge in [-0.15, -0.1) is 11.3 Å². The number of imidazole rings is 1. The molecule has 3 aliphatic carbocycles. The third kappa shape index (κ3) is 2.70. The Bertz CT molecular complexity index is 1100. The number of methoxy groups -OCH3 is 1. The number of hydrogen-bond acceptors (Lipinski definition) is 4. The van der Waals surface area contributed by atoms with Crippen molar-refractivity contribution < 1.29 is 9.53 Å². The molecule has 0 saturated heterocycles. The maximum atomic E-state index is 12.0. The highest BCUT2D eigenvalue weighted by Gasteiger charge is 2.53. The summed E-state index contributed by atoms with van der Waals surface area (Å²) in [6, 6.07) is 7.70. The van der Waals surface area contributed by atoms with Crippen LogP contribution in [0.5, 0.6) is 0 Å². The van der Waals surface area contributed by atoms with Crippen molar-refractivity contribution in [3.8, 4) is 11.3 Å². The third-order valence-electron chi connectivity index (χ3n) is 7.81. The van der Waals surface area contributed by atoms with Crippen LogP contribution in [0.4, 0.5) is 0 Å². The van der Waals surface area contributed by atoms with E-state index in [1.165, 1.54) is 57.7 Å². The number of carbonyl (C=O) groups is 1. The van der Waals surface area contributed by atoms with Gasteiger partial charge in [-0.25, -0.2) is 9.78 Å². The van der Waals surface area contributed by atoms with Gasteiger partial charge in [0.2, 0.25) is 0 Å². The summed E-state index contributed by atoms with van der Waals surface area (Å²) < 4.78 is 7.13. The van der Waals surface area contributed by atoms with E-state index in [9.17, 15) is 4.79 Å². The molecule has 3 saturated carbocycles. The molecule has 0 amide bonds. The van der Waals surface area contributed by atoms with Crippen LogP contribution in [0.15, 0.2) is 35.8 Å². The molecule has 1 aromatic carbocycles. The molecule has 5 heteroatoms. The van der Waals surface area contributed by atoms with Crippen molar-refractivity contribution in [3.63, 3.8) is 0 Å². The topological polar surface area (TPSA) is 43.6 Å². The number of thiazole rings is 1. The van der Waals surface area contributed by atoms with E-state index >= 15 is 0 Å². The van der Waals surface area contributed by atoms with Crippen LogP contribution < -0.4 is 0 Å². The van der Waals surface area contributed by atoms with Crippen molar-refractivity contribution in [2.75, 3.05) is 7.11 Å². The van der Waals surface area contributed by atoms with Crippen molar-refractivity contribution in [3.05, 3.63) is 47.1 Å². The Morgan fingerprint density at radius 1 is 1.24 bits per heavy atom. The normalized spacial score (nSPS) is 30.6. The lowest BCUT2D eigenvalue weighted by molar-refractivity contribution is 0.0601. The van der Waals surface area contributed by atoms with Gasteiger partial charge in [0.1, 0.15) is 0 Å². The smallest absolute Gasteiger partial charge is 0.337 e. The standard InChI is InChI=1S/C24H26N2O2S/c1-28-22(27)17-6-3-5-16(9-17)20-14-29-23-25-21(13-26(20)23)24-10-15-4-2-7-18(11-24)19(8-15)12-24/h3,5-6,9,13-15,18-19H,2,4,7-8,10-12H2,1H3. The average molecular weight is 407 g/mol. The lowest BCUT2D eigenvalue weighted by Crippen LogP contribution is -2.31. The lowest BCUT2D eigenvalue weighted by Gasteiger charge is -2.36. The number of ether oxygens (including phenoxy) is 1. The van der Waals surface area contributed by atoms with Crippen LogP contribution in [-0.2, 0) is 10.2 Å². The fraction of sp³-hybridized carbons (Fsp3) is 0.500. The highest BCUT2D eigenvalue weighted by atomic mass is 32.1. The molecule has 29 heavy (non-hydrogen) atoms. The summed E-state index contributed by atoms with van der Waals surface area (Å²) in [4.78, 5) is 18.2. The van der Waals surface area contributed by atoms with Crippen LogP contribution in [-0.4, -0.2) is 22.5 Å². The Kier molecular flexibility index (Phi) is 3.92. The molecule has 2 heterocycles. The number of carbonyl (C=O) groups excluding carboxylic acids is 1. The molecular formula is C24H26N2O2S. The van der Waals surface area contributed by atoms with Gasteiger partial charge in [-0.3, -0.25) is 4.40 Å². The van der Waals surface area contributed by atoms with Gasteiger partial charge in [0, 0.05) is 22.6 Å². The first-order chi connectivity index (χ1) is 14.1. The summed E-state index contributed by atoms with van der Waals surface area (Å²) in [6.07, 6.45) is 12.0. The predicted molar refractivity (Wildman–Crippen MR) is 114 cm³/mol. The molecule has 0 aliphatic heterocycles. The van der Waals surface area contributed by atoms with E-state index in [2.05, 4.69) is 22.0 Å². The monoisotopic (exact) mass is 406 g/mol. The SMILES string of the molecule is COC(=O)c1cccc(-c2csc3nc(C45CC6CCCC(C4)C(C6)C5)cn23)c1. The third-order valence-corrected chi connectivity index (χ3v) is 8.65. The maximum absolute atomic E-state index is 12.0. The second-order valence-corrected chi connectivity index (χ2v) is 10.3. The summed E-state index contributed by atoms with van der Waals surface area (Å²) in [5, 5.41) is 2.15. The van der Waals surface area contributed by atoms with Gasteiger partial charge >= 0.3 is 5.97 Å². The second-order valence-electron chi connectivity index (χ2n) is 9.42. The zero-order valence-electron chi connectivity index (χ0n) is 16.8. The largest absolute Gasteiger partial charge is 0.465 e. The van der Waals surface area contributed by atoms with Crippen LogP contribution in [0.2, 0.25) is 0 Å². The van der Waals surface area contributed by atoms with Gasteiger partial charge in [-0.1, -0.05) is 31.4 Å². The molecule has 0 N–H and O–H groups in total. The summed E-state index contributed by atoms with van der Waals surface area (Å²) in [5.41, 5.74) is 4.34. The zero-order chi connectivity index (χ0) is 19.6. The van der Waals surface area contributed by atoms with Gasteiger partial charge in [-0.2, -0.15) is 0 Å². The predicted octanol–water partition coefficient (Wildman–Crippen LogP) is 5.71. The second kappa shape index (κ2) is 6.43. The Morgan fingerprint density at radius 2 is 2.14 bits per heavy atom. The molecule has 0 radical (unpaired) electrons. The Hall–Kier alpha value is -2.14. The van der Waals surface area contributed by atoms with Crippen LogP contribution in [0.3, 0.4) is 0 Å². The first-order valence-corrected chi connectivity index (χ1v) is 11.7. The summed E-state index contributed by atoms with van der Waals surface area (Å²) in [6.45, 7) is 0. The average Bonchev–Trinajstić information content (AvgIpc) is 3.36. The number of fused-ring (bicyclic) bond motifs is 3. The van der Waals surface area contributed by atoms with E-state index < -0.39 is 0 Å². The quantitative estimate of drug-likeness (QED) is 0.524. The molecule has 4 nitrogen and oxygen atoms in total. The molecule has 150 valence electrons. The number of benzene rings is 1. The fourth-order valence-corrected chi connectivity index (χ4v) is 7.52. The minimum Gasteiger partial charge on any atom is -0.465 e. The van der Waals surface area contributed by atoms with E-state index in [1.807, 2.05) is 12.1 Å². The Balaban J connectivity index is 1.40. The molecular weight excluding hydrogens is 380 g/mol. The molecule has 3 aromatic rings. The number of rotatable bonds is 3. The molecule has 3 fully saturated rings. The van der Waals surface area contributed by atoms with Crippen LogP contribution in [0, 0.1) is 17.8 Å². The van der Waals surface area contributed by atoms with Crippen LogP contribution in [0.25, 0.3) is 16.2 Å². The van der Waals surface area contributed by atoms with Crippen molar-refractivity contribution in [2.45, 2.75) is 50.4 Å². The molecule has 2 aromatic heterocycles. The van der Waals surface area contributed by atoms with E-state index in [0.717, 1.165) is 34.0 Å². The van der Waals surface area contributed by atoms with Crippen molar-refractivity contribution >= 4 is 22.3 Å². The minimum absolute atomic E-state index is 0.297. The number of hydrogen-bond donors (Lipinski definition) is 0. The number of nitrogens with zero attached hydrogens (tertiary/aromatic N) is 2. The first-order valence-electron chi connectivity index (χ1n) is 10.8. The molecule has 6 rings (SSSR count). The van der Waals surface area contributed by atoms with Gasteiger partial charge in [-0.05, 0) is 55.6 Å². The van der Waals surface area contributed by atoms with Crippen LogP contribution >= 0.6 is 11.3 Å². The van der Waals surface area contributed by atoms with E-state index in [1.54, 1.807) is 17.4 Å². The van der Waals surface area contributed by atoms with Crippen molar-refractivity contribution in [1.29, 1.82) is 0 Å². The van der Waals surface area contributed by atoms with Gasteiger partial charge in [0.05, 0.1) is 24.1 Å². The zero-order valence-corrected chi connectivity index (χ0v) is 17.6. The van der Waals surface area contributed by atoms with Crippen molar-refractivity contribution in [1.82, 2.24) is 9.38 Å². The van der Waals surface area contributed by atoms with Gasteiger partial charge in [0.15, 0.2) is 4.96 Å². The molecule has 3 bridgehead atoms. The fourth-order valence-electron chi connectivity index (χ4n) is 6.64. The van der Waals surface area contributed by atoms with E-state index in [-0.39, 0.29) is 5.97 Å². The molecule has 0 spiro atoms. The minimum atomic E-state index is -0.297. The van der Waals surface area contributed by atoms with Crippen molar-refractivity contribution in [2.24, 2.45) is 17.8 Å². The number of aromatic nitrogens is 2.